The summed E-state index contributed by atoms with van der Waals surface area (Å²) in [6, 6.07) is 17.6. The normalized spacial score (nSPS) is 15.9. The van der Waals surface area contributed by atoms with Gasteiger partial charge >= 0.3 is 0 Å². The lowest BCUT2D eigenvalue weighted by atomic mass is 10.1. The molecule has 5 rings (SSSR count). The summed E-state index contributed by atoms with van der Waals surface area (Å²) < 4.78 is 13.4. The molecule has 0 radical (unpaired) electrons. The summed E-state index contributed by atoms with van der Waals surface area (Å²) in [5, 5.41) is 6.75. The topological polar surface area (TPSA) is 85.0 Å². The summed E-state index contributed by atoms with van der Waals surface area (Å²) in [4.78, 5) is 45.1. The van der Waals surface area contributed by atoms with Gasteiger partial charge in [-0.2, -0.15) is 0 Å². The van der Waals surface area contributed by atoms with Gasteiger partial charge in [-0.1, -0.05) is 17.7 Å². The quantitative estimate of drug-likeness (QED) is 0.488. The summed E-state index contributed by atoms with van der Waals surface area (Å²) in [6.07, 6.45) is 0.871. The lowest BCUT2D eigenvalue weighted by Crippen LogP contribution is -2.49. The number of carbonyl (C=O) groups is 3. The van der Waals surface area contributed by atoms with Gasteiger partial charge in [0.2, 0.25) is 0 Å². The lowest BCUT2D eigenvalue weighted by molar-refractivity contribution is 0.0743. The Balaban J connectivity index is 1.37. The number of rotatable bonds is 5. The number of carbonyl (C=O) groups excluding carboxylic acids is 3. The molecule has 40 heavy (non-hydrogen) atoms. The molecule has 2 saturated heterocycles. The van der Waals surface area contributed by atoms with Crippen LogP contribution >= 0.6 is 11.6 Å². The van der Waals surface area contributed by atoms with Crippen LogP contribution in [0.4, 0.5) is 15.8 Å². The molecule has 2 fully saturated rings. The largest absolute Gasteiger partial charge is 0.366 e. The van der Waals surface area contributed by atoms with Crippen molar-refractivity contribution in [1.82, 2.24) is 15.1 Å². The van der Waals surface area contributed by atoms with E-state index in [1.54, 1.807) is 41.3 Å². The van der Waals surface area contributed by atoms with Crippen LogP contribution in [0.3, 0.4) is 0 Å². The number of nitrogens with zero attached hydrogens (tertiary/aromatic N) is 3. The molecule has 2 N–H and O–H groups in total. The Morgan fingerprint density at radius 3 is 2.15 bits per heavy atom. The van der Waals surface area contributed by atoms with Gasteiger partial charge in [0, 0.05) is 67.5 Å². The molecular weight excluding hydrogens is 533 g/mol. The number of halogens is 2. The van der Waals surface area contributed by atoms with Gasteiger partial charge in [0.15, 0.2) is 0 Å². The van der Waals surface area contributed by atoms with Gasteiger partial charge in [0.25, 0.3) is 17.7 Å². The first-order valence-corrected chi connectivity index (χ1v) is 13.8. The molecule has 2 heterocycles. The Morgan fingerprint density at radius 2 is 1.43 bits per heavy atom. The fourth-order valence-corrected chi connectivity index (χ4v) is 5.22. The second kappa shape index (κ2) is 12.5. The molecule has 2 aliphatic rings. The van der Waals surface area contributed by atoms with Crippen molar-refractivity contribution in [1.29, 1.82) is 0 Å². The van der Waals surface area contributed by atoms with Crippen LogP contribution in [0.25, 0.3) is 0 Å². The lowest BCUT2D eigenvalue weighted by Gasteiger charge is -2.37. The molecule has 0 bridgehead atoms. The van der Waals surface area contributed by atoms with E-state index in [1.807, 2.05) is 11.0 Å². The Labute approximate surface area is 237 Å². The highest BCUT2D eigenvalue weighted by Crippen LogP contribution is 2.30. The second-order valence-electron chi connectivity index (χ2n) is 9.88. The molecule has 8 nitrogen and oxygen atoms in total. The standard InChI is InChI=1S/C30H31ClFN5O3/c31-24-4-1-3-22(19-24)29(39)37-17-15-35(16-18-37)27-10-7-23(30(40)36-13-2-11-33-12-14-36)20-26(27)34-28(38)21-5-8-25(32)9-6-21/h1,3-10,19-20,33H,2,11-18H2,(H,34,38). The molecule has 0 aliphatic carbocycles. The third-order valence-corrected chi connectivity index (χ3v) is 7.44. The Bertz CT molecular complexity index is 1380. The zero-order valence-corrected chi connectivity index (χ0v) is 22.8. The van der Waals surface area contributed by atoms with Crippen LogP contribution in [0.15, 0.2) is 66.7 Å². The van der Waals surface area contributed by atoms with E-state index < -0.39 is 11.7 Å². The fraction of sp³-hybridized carbons (Fsp3) is 0.300. The van der Waals surface area contributed by atoms with Crippen LogP contribution in [0.2, 0.25) is 5.02 Å². The average Bonchev–Trinajstić information content (AvgIpc) is 3.27. The molecule has 208 valence electrons. The SMILES string of the molecule is O=C(Nc1cc(C(=O)N2CCCNCC2)ccc1N1CCN(C(=O)c2cccc(Cl)c2)CC1)c1ccc(F)cc1. The number of hydrogen-bond acceptors (Lipinski definition) is 5. The summed E-state index contributed by atoms with van der Waals surface area (Å²) in [5.41, 5.74) is 2.57. The van der Waals surface area contributed by atoms with Crippen LogP contribution in [0.5, 0.6) is 0 Å². The Morgan fingerprint density at radius 1 is 0.750 bits per heavy atom. The fourth-order valence-electron chi connectivity index (χ4n) is 5.03. The summed E-state index contributed by atoms with van der Waals surface area (Å²) in [5.74, 6) is -1.01. The zero-order chi connectivity index (χ0) is 28.1. The molecule has 3 aromatic rings. The third kappa shape index (κ3) is 6.43. The van der Waals surface area contributed by atoms with Gasteiger partial charge in [-0.25, -0.2) is 4.39 Å². The highest BCUT2D eigenvalue weighted by atomic mass is 35.5. The van der Waals surface area contributed by atoms with Gasteiger partial charge in [-0.05, 0) is 73.6 Å². The Kier molecular flexibility index (Phi) is 8.62. The molecule has 0 saturated carbocycles. The van der Waals surface area contributed by atoms with Crippen molar-refractivity contribution >= 4 is 40.7 Å². The van der Waals surface area contributed by atoms with E-state index in [-0.39, 0.29) is 11.8 Å². The third-order valence-electron chi connectivity index (χ3n) is 7.20. The number of hydrogen-bond donors (Lipinski definition) is 2. The van der Waals surface area contributed by atoms with E-state index in [2.05, 4.69) is 15.5 Å². The van der Waals surface area contributed by atoms with Crippen molar-refractivity contribution in [2.75, 3.05) is 62.6 Å². The first-order valence-electron chi connectivity index (χ1n) is 13.4. The van der Waals surface area contributed by atoms with Crippen LogP contribution in [-0.4, -0.2) is 79.9 Å². The van der Waals surface area contributed by atoms with E-state index in [1.165, 1.54) is 24.3 Å². The Hall–Kier alpha value is -3.95. The van der Waals surface area contributed by atoms with E-state index in [4.69, 9.17) is 11.6 Å². The van der Waals surface area contributed by atoms with Crippen LogP contribution < -0.4 is 15.5 Å². The molecule has 3 amide bonds. The second-order valence-corrected chi connectivity index (χ2v) is 10.3. The van der Waals surface area contributed by atoms with Gasteiger partial charge in [-0.3, -0.25) is 14.4 Å². The molecule has 10 heteroatoms. The summed E-state index contributed by atoms with van der Waals surface area (Å²) >= 11 is 6.07. The van der Waals surface area contributed by atoms with E-state index in [9.17, 15) is 18.8 Å². The van der Waals surface area contributed by atoms with Crippen molar-refractivity contribution < 1.29 is 18.8 Å². The van der Waals surface area contributed by atoms with Gasteiger partial charge in [0.1, 0.15) is 5.82 Å². The molecule has 0 unspecified atom stereocenters. The van der Waals surface area contributed by atoms with Crippen molar-refractivity contribution in [2.45, 2.75) is 6.42 Å². The number of anilines is 2. The number of piperazine rings is 1. The number of nitrogens with one attached hydrogen (secondary N) is 2. The molecule has 0 aromatic heterocycles. The molecular formula is C30H31ClFN5O3. The van der Waals surface area contributed by atoms with E-state index in [0.717, 1.165) is 25.2 Å². The van der Waals surface area contributed by atoms with Gasteiger partial charge in [0.05, 0.1) is 11.4 Å². The zero-order valence-electron chi connectivity index (χ0n) is 22.0. The van der Waals surface area contributed by atoms with Crippen molar-refractivity contribution in [3.8, 4) is 0 Å². The smallest absolute Gasteiger partial charge is 0.255 e. The van der Waals surface area contributed by atoms with Gasteiger partial charge < -0.3 is 25.3 Å². The first kappa shape index (κ1) is 27.6. The van der Waals surface area contributed by atoms with Crippen molar-refractivity contribution in [3.05, 3.63) is 94.3 Å². The molecule has 3 aromatic carbocycles. The maximum atomic E-state index is 13.4. The van der Waals surface area contributed by atoms with Crippen molar-refractivity contribution in [2.24, 2.45) is 0 Å². The maximum absolute atomic E-state index is 13.4. The molecule has 2 aliphatic heterocycles. The van der Waals surface area contributed by atoms with Gasteiger partial charge in [-0.15, -0.1) is 0 Å². The summed E-state index contributed by atoms with van der Waals surface area (Å²) in [6.45, 7) is 4.92. The molecule has 0 spiro atoms. The summed E-state index contributed by atoms with van der Waals surface area (Å²) in [7, 11) is 0. The highest BCUT2D eigenvalue weighted by Gasteiger charge is 2.26. The van der Waals surface area contributed by atoms with Crippen LogP contribution in [0.1, 0.15) is 37.5 Å². The van der Waals surface area contributed by atoms with E-state index >= 15 is 0 Å². The van der Waals surface area contributed by atoms with Crippen LogP contribution in [-0.2, 0) is 0 Å². The van der Waals surface area contributed by atoms with Crippen molar-refractivity contribution in [3.63, 3.8) is 0 Å². The number of benzene rings is 3. The van der Waals surface area contributed by atoms with Crippen LogP contribution in [0, 0.1) is 5.82 Å². The number of amides is 3. The van der Waals surface area contributed by atoms with E-state index in [0.29, 0.717) is 66.7 Å². The monoisotopic (exact) mass is 563 g/mol. The highest BCUT2D eigenvalue weighted by molar-refractivity contribution is 6.31. The maximum Gasteiger partial charge on any atom is 0.255 e. The predicted molar refractivity (Wildman–Crippen MR) is 154 cm³/mol. The minimum atomic E-state index is -0.429. The average molecular weight is 564 g/mol. The molecule has 0 atom stereocenters. The minimum Gasteiger partial charge on any atom is -0.366 e. The predicted octanol–water partition coefficient (Wildman–Crippen LogP) is 4.13. The minimum absolute atomic E-state index is 0.0835. The first-order chi connectivity index (χ1) is 19.4.